The van der Waals surface area contributed by atoms with Gasteiger partial charge in [-0.2, -0.15) is 0 Å². The Balaban J connectivity index is 2.96. The number of hydrogen-bond acceptors (Lipinski definition) is 4. The number of rotatable bonds is 7. The molecule has 0 aliphatic carbocycles. The van der Waals surface area contributed by atoms with Gasteiger partial charge < -0.3 is 19.7 Å². The van der Waals surface area contributed by atoms with Gasteiger partial charge in [0.05, 0.1) is 24.8 Å². The average molecular weight is 347 g/mol. The Labute approximate surface area is 126 Å². The molecule has 20 heavy (non-hydrogen) atoms. The molecule has 0 saturated carbocycles. The maximum atomic E-state index is 10.7. The molecular formula is C14H19BrO5. The second-order valence-electron chi connectivity index (χ2n) is 4.68. The molecule has 0 fully saturated rings. The molecule has 0 radical (unpaired) electrons. The van der Waals surface area contributed by atoms with Crippen molar-refractivity contribution in [2.45, 2.75) is 25.9 Å². The molecule has 0 heterocycles. The topological polar surface area (TPSA) is 76.0 Å². The number of aliphatic carboxylic acids is 1. The van der Waals surface area contributed by atoms with Crippen molar-refractivity contribution in [1.29, 1.82) is 0 Å². The second-order valence-corrected chi connectivity index (χ2v) is 5.54. The van der Waals surface area contributed by atoms with Crippen LogP contribution in [-0.4, -0.2) is 30.4 Å². The largest absolute Gasteiger partial charge is 0.496 e. The average Bonchev–Trinajstić information content (AvgIpc) is 2.36. The van der Waals surface area contributed by atoms with Gasteiger partial charge >= 0.3 is 5.97 Å². The fourth-order valence-electron chi connectivity index (χ4n) is 2.03. The van der Waals surface area contributed by atoms with Crippen molar-refractivity contribution in [2.24, 2.45) is 5.92 Å². The summed E-state index contributed by atoms with van der Waals surface area (Å²) in [5.74, 6) is 0.116. The molecule has 0 bridgehead atoms. The van der Waals surface area contributed by atoms with Crippen molar-refractivity contribution in [3.63, 3.8) is 0 Å². The first-order valence-corrected chi connectivity index (χ1v) is 6.99. The van der Waals surface area contributed by atoms with E-state index in [9.17, 15) is 9.90 Å². The van der Waals surface area contributed by atoms with Crippen molar-refractivity contribution >= 4 is 21.9 Å². The zero-order valence-electron chi connectivity index (χ0n) is 11.7. The molecule has 1 rings (SSSR count). The minimum absolute atomic E-state index is 0.0209. The molecule has 2 N–H and O–H groups in total. The predicted octanol–water partition coefficient (Wildman–Crippen LogP) is 3.00. The van der Waals surface area contributed by atoms with Crippen LogP contribution in [0.25, 0.3) is 0 Å². The molecule has 0 amide bonds. The number of methoxy groups -OCH3 is 2. The van der Waals surface area contributed by atoms with Crippen molar-refractivity contribution in [3.8, 4) is 11.5 Å². The number of carboxylic acids is 1. The van der Waals surface area contributed by atoms with Crippen LogP contribution >= 0.6 is 15.9 Å². The number of carboxylic acid groups (broad SMARTS) is 1. The number of aliphatic hydroxyl groups excluding tert-OH is 1. The maximum Gasteiger partial charge on any atom is 0.303 e. The van der Waals surface area contributed by atoms with Crippen LogP contribution in [0.1, 0.15) is 31.4 Å². The summed E-state index contributed by atoms with van der Waals surface area (Å²) in [6.07, 6.45) is -0.443. The Morgan fingerprint density at radius 2 is 1.90 bits per heavy atom. The number of hydrogen-bond donors (Lipinski definition) is 2. The van der Waals surface area contributed by atoms with E-state index in [2.05, 4.69) is 15.9 Å². The summed E-state index contributed by atoms with van der Waals surface area (Å²) in [5.41, 5.74) is 0.588. The normalized spacial score (nSPS) is 13.7. The van der Waals surface area contributed by atoms with Crippen LogP contribution in [0.5, 0.6) is 11.5 Å². The summed E-state index contributed by atoms with van der Waals surface area (Å²) < 4.78 is 11.2. The van der Waals surface area contributed by atoms with E-state index in [1.165, 1.54) is 14.2 Å². The van der Waals surface area contributed by atoms with E-state index in [0.29, 0.717) is 23.5 Å². The lowest BCUT2D eigenvalue weighted by atomic mass is 9.95. The highest BCUT2D eigenvalue weighted by Gasteiger charge is 2.20. The highest BCUT2D eigenvalue weighted by molar-refractivity contribution is 9.10. The molecular weight excluding hydrogens is 328 g/mol. The number of halogens is 1. The van der Waals surface area contributed by atoms with Gasteiger partial charge in [-0.15, -0.1) is 0 Å². The van der Waals surface area contributed by atoms with E-state index in [1.54, 1.807) is 19.1 Å². The number of carbonyl (C=O) groups is 1. The molecule has 2 unspecified atom stereocenters. The zero-order valence-corrected chi connectivity index (χ0v) is 13.3. The summed E-state index contributed by atoms with van der Waals surface area (Å²) in [4.78, 5) is 10.7. The summed E-state index contributed by atoms with van der Waals surface area (Å²) in [6, 6.07) is 3.42. The van der Waals surface area contributed by atoms with Crippen LogP contribution in [0, 0.1) is 5.92 Å². The van der Waals surface area contributed by atoms with Crippen LogP contribution in [-0.2, 0) is 4.79 Å². The number of aliphatic hydroxyl groups is 1. The third kappa shape index (κ3) is 4.38. The third-order valence-electron chi connectivity index (χ3n) is 3.01. The van der Waals surface area contributed by atoms with E-state index in [1.807, 2.05) is 0 Å². The zero-order chi connectivity index (χ0) is 15.3. The van der Waals surface area contributed by atoms with Gasteiger partial charge in [0.25, 0.3) is 0 Å². The van der Waals surface area contributed by atoms with Gasteiger partial charge in [0.15, 0.2) is 0 Å². The molecule has 1 aromatic carbocycles. The smallest absolute Gasteiger partial charge is 0.303 e. The van der Waals surface area contributed by atoms with Crippen molar-refractivity contribution < 1.29 is 24.5 Å². The van der Waals surface area contributed by atoms with E-state index in [0.717, 1.165) is 4.47 Å². The van der Waals surface area contributed by atoms with Crippen LogP contribution < -0.4 is 9.47 Å². The molecule has 0 aliphatic heterocycles. The van der Waals surface area contributed by atoms with Crippen molar-refractivity contribution in [2.75, 3.05) is 14.2 Å². The van der Waals surface area contributed by atoms with Crippen LogP contribution in [0.2, 0.25) is 0 Å². The van der Waals surface area contributed by atoms with Gasteiger partial charge in [-0.05, 0) is 40.4 Å². The first-order chi connectivity index (χ1) is 9.38. The third-order valence-corrected chi connectivity index (χ3v) is 3.63. The van der Waals surface area contributed by atoms with Crippen LogP contribution in [0.3, 0.4) is 0 Å². The lowest BCUT2D eigenvalue weighted by molar-refractivity contribution is -0.138. The van der Waals surface area contributed by atoms with Crippen LogP contribution in [0.15, 0.2) is 16.6 Å². The van der Waals surface area contributed by atoms with Crippen molar-refractivity contribution in [3.05, 3.63) is 22.2 Å². The first-order valence-electron chi connectivity index (χ1n) is 6.20. The number of benzene rings is 1. The lowest BCUT2D eigenvalue weighted by Crippen LogP contribution is -2.10. The highest BCUT2D eigenvalue weighted by atomic mass is 79.9. The van der Waals surface area contributed by atoms with Gasteiger partial charge in [-0.1, -0.05) is 6.92 Å². The van der Waals surface area contributed by atoms with Crippen LogP contribution in [0.4, 0.5) is 0 Å². The first kappa shape index (κ1) is 16.8. The molecule has 0 saturated heterocycles. The molecule has 5 nitrogen and oxygen atoms in total. The summed E-state index contributed by atoms with van der Waals surface area (Å²) in [5, 5.41) is 19.0. The quantitative estimate of drug-likeness (QED) is 0.793. The van der Waals surface area contributed by atoms with Gasteiger partial charge in [0.1, 0.15) is 11.5 Å². The predicted molar refractivity (Wildman–Crippen MR) is 78.2 cm³/mol. The minimum atomic E-state index is -0.870. The lowest BCUT2D eigenvalue weighted by Gasteiger charge is -2.19. The van der Waals surface area contributed by atoms with E-state index >= 15 is 0 Å². The van der Waals surface area contributed by atoms with Gasteiger partial charge in [0, 0.05) is 12.0 Å². The molecule has 1 aromatic rings. The molecule has 0 aromatic heterocycles. The standard InChI is InChI=1S/C14H19BrO5/c1-8(5-14(17)18)4-11(16)9-6-13(20-3)10(15)7-12(9)19-2/h6-8,11,16H,4-5H2,1-3H3,(H,17,18). The Bertz CT molecular complexity index is 475. The minimum Gasteiger partial charge on any atom is -0.496 e. The Kier molecular flexibility index (Phi) is 6.29. The summed E-state index contributed by atoms with van der Waals surface area (Å²) in [6.45, 7) is 1.79. The molecule has 6 heteroatoms. The molecule has 2 atom stereocenters. The van der Waals surface area contributed by atoms with Gasteiger partial charge in [-0.25, -0.2) is 0 Å². The summed E-state index contributed by atoms with van der Waals surface area (Å²) in [7, 11) is 3.06. The molecule has 112 valence electrons. The summed E-state index contributed by atoms with van der Waals surface area (Å²) >= 11 is 3.35. The van der Waals surface area contributed by atoms with Crippen molar-refractivity contribution in [1.82, 2.24) is 0 Å². The van der Waals surface area contributed by atoms with E-state index in [4.69, 9.17) is 14.6 Å². The Hall–Kier alpha value is -1.27. The number of ether oxygens (including phenoxy) is 2. The fraction of sp³-hybridized carbons (Fsp3) is 0.500. The molecule has 0 aliphatic rings. The SMILES string of the molecule is COc1cc(C(O)CC(C)CC(=O)O)c(OC)cc1Br. The van der Waals surface area contributed by atoms with E-state index < -0.39 is 12.1 Å². The van der Waals surface area contributed by atoms with E-state index in [-0.39, 0.29) is 12.3 Å². The molecule has 0 spiro atoms. The highest BCUT2D eigenvalue weighted by Crippen LogP contribution is 2.37. The Morgan fingerprint density at radius 3 is 2.40 bits per heavy atom. The van der Waals surface area contributed by atoms with Gasteiger partial charge in [0.2, 0.25) is 0 Å². The second kappa shape index (κ2) is 7.50. The van der Waals surface area contributed by atoms with Gasteiger partial charge in [-0.3, -0.25) is 4.79 Å². The monoisotopic (exact) mass is 346 g/mol. The maximum absolute atomic E-state index is 10.7. The Morgan fingerprint density at radius 1 is 1.30 bits per heavy atom. The fourth-order valence-corrected chi connectivity index (χ4v) is 2.52.